The van der Waals surface area contributed by atoms with Crippen molar-refractivity contribution >= 4 is 11.6 Å². The van der Waals surface area contributed by atoms with Crippen molar-refractivity contribution in [2.75, 3.05) is 12.4 Å². The number of ether oxygens (including phenoxy) is 2. The molecule has 150 valence electrons. The van der Waals surface area contributed by atoms with Crippen molar-refractivity contribution in [3.63, 3.8) is 0 Å². The number of hydrogen-bond donors (Lipinski definition) is 1. The Balaban J connectivity index is 1.92. The lowest BCUT2D eigenvalue weighted by Crippen LogP contribution is -2.14. The second-order valence-electron chi connectivity index (χ2n) is 6.31. The monoisotopic (exact) mass is 401 g/mol. The molecule has 3 aromatic rings. The highest BCUT2D eigenvalue weighted by Crippen LogP contribution is 2.37. The molecule has 0 fully saturated rings. The summed E-state index contributed by atoms with van der Waals surface area (Å²) in [5.74, 6) is 0.531. The fraction of sp³-hybridized carbons (Fsp3) is 0.136. The molecule has 4 nitrogen and oxygen atoms in total. The Morgan fingerprint density at radius 2 is 1.52 bits per heavy atom. The first-order valence-corrected chi connectivity index (χ1v) is 8.67. The molecular weight excluding hydrogens is 383 g/mol. The number of aryl methyl sites for hydroxylation is 1. The smallest absolute Gasteiger partial charge is 0.416 e. The van der Waals surface area contributed by atoms with Crippen molar-refractivity contribution in [2.45, 2.75) is 13.1 Å². The van der Waals surface area contributed by atoms with E-state index in [0.29, 0.717) is 11.5 Å². The third-order valence-electron chi connectivity index (χ3n) is 4.16. The maximum Gasteiger partial charge on any atom is 0.416 e. The molecule has 1 N–H and O–H groups in total. The van der Waals surface area contributed by atoms with Gasteiger partial charge in [0.2, 0.25) is 0 Å². The largest absolute Gasteiger partial charge is 0.497 e. The zero-order valence-electron chi connectivity index (χ0n) is 15.7. The van der Waals surface area contributed by atoms with E-state index in [2.05, 4.69) is 5.32 Å². The number of hydrogen-bond acceptors (Lipinski definition) is 3. The molecule has 7 heteroatoms. The Bertz CT molecular complexity index is 997. The van der Waals surface area contributed by atoms with Crippen molar-refractivity contribution in [3.8, 4) is 17.2 Å². The van der Waals surface area contributed by atoms with Crippen LogP contribution in [0.2, 0.25) is 0 Å². The number of amides is 1. The molecule has 0 aromatic heterocycles. The molecule has 0 aliphatic heterocycles. The molecule has 3 rings (SSSR count). The summed E-state index contributed by atoms with van der Waals surface area (Å²) < 4.78 is 50.2. The van der Waals surface area contributed by atoms with Gasteiger partial charge < -0.3 is 14.8 Å². The quantitative estimate of drug-likeness (QED) is 0.565. The average Bonchev–Trinajstić information content (AvgIpc) is 2.70. The number of rotatable bonds is 5. The van der Waals surface area contributed by atoms with Crippen molar-refractivity contribution in [2.24, 2.45) is 0 Å². The van der Waals surface area contributed by atoms with Crippen molar-refractivity contribution in [3.05, 3.63) is 83.4 Å². The molecule has 0 radical (unpaired) electrons. The Morgan fingerprint density at radius 3 is 2.10 bits per heavy atom. The summed E-state index contributed by atoms with van der Waals surface area (Å²) in [5, 5.41) is 2.50. The number of benzene rings is 3. The molecule has 0 unspecified atom stereocenters. The van der Waals surface area contributed by atoms with Crippen LogP contribution >= 0.6 is 0 Å². The zero-order chi connectivity index (χ0) is 21.0. The summed E-state index contributed by atoms with van der Waals surface area (Å²) in [5.41, 5.74) is 0.308. The van der Waals surface area contributed by atoms with Crippen LogP contribution in [0.25, 0.3) is 0 Å². The van der Waals surface area contributed by atoms with Crippen LogP contribution in [0.4, 0.5) is 18.9 Å². The molecule has 29 heavy (non-hydrogen) atoms. The summed E-state index contributed by atoms with van der Waals surface area (Å²) in [6, 6.07) is 16.2. The Kier molecular flexibility index (Phi) is 5.77. The van der Waals surface area contributed by atoms with Crippen molar-refractivity contribution in [1.82, 2.24) is 0 Å². The molecule has 0 atom stereocenters. The summed E-state index contributed by atoms with van der Waals surface area (Å²) in [7, 11) is 1.49. The molecule has 0 aliphatic carbocycles. The fourth-order valence-electron chi connectivity index (χ4n) is 2.56. The maximum absolute atomic E-state index is 13.1. The lowest BCUT2D eigenvalue weighted by Gasteiger charge is -2.15. The Hall–Kier alpha value is -3.48. The van der Waals surface area contributed by atoms with E-state index in [0.717, 1.165) is 17.7 Å². The fourth-order valence-corrected chi connectivity index (χ4v) is 2.56. The van der Waals surface area contributed by atoms with E-state index in [4.69, 9.17) is 9.47 Å². The Morgan fingerprint density at radius 1 is 0.897 bits per heavy atom. The van der Waals surface area contributed by atoms with E-state index >= 15 is 0 Å². The van der Waals surface area contributed by atoms with E-state index in [1.807, 2.05) is 19.1 Å². The van der Waals surface area contributed by atoms with Gasteiger partial charge in [-0.05, 0) is 61.5 Å². The van der Waals surface area contributed by atoms with Crippen LogP contribution in [0.3, 0.4) is 0 Å². The van der Waals surface area contributed by atoms with Crippen LogP contribution in [-0.2, 0) is 6.18 Å². The van der Waals surface area contributed by atoms with Gasteiger partial charge in [-0.25, -0.2) is 0 Å². The van der Waals surface area contributed by atoms with Crippen LogP contribution in [0, 0.1) is 6.92 Å². The first kappa shape index (κ1) is 20.3. The van der Waals surface area contributed by atoms with E-state index in [1.54, 1.807) is 24.3 Å². The molecule has 0 saturated heterocycles. The highest BCUT2D eigenvalue weighted by atomic mass is 19.4. The number of methoxy groups -OCH3 is 1. The van der Waals surface area contributed by atoms with Gasteiger partial charge in [0.1, 0.15) is 11.5 Å². The second kappa shape index (κ2) is 8.26. The lowest BCUT2D eigenvalue weighted by molar-refractivity contribution is -0.137. The zero-order valence-corrected chi connectivity index (χ0v) is 15.7. The molecular formula is C22H18F3NO3. The van der Waals surface area contributed by atoms with Gasteiger partial charge in [0, 0.05) is 5.56 Å². The van der Waals surface area contributed by atoms with E-state index in [9.17, 15) is 18.0 Å². The first-order chi connectivity index (χ1) is 13.8. The number of nitrogens with one attached hydrogen (secondary N) is 1. The van der Waals surface area contributed by atoms with E-state index in [1.165, 1.54) is 25.3 Å². The first-order valence-electron chi connectivity index (χ1n) is 8.67. The number of anilines is 1. The minimum atomic E-state index is -4.55. The summed E-state index contributed by atoms with van der Waals surface area (Å²) >= 11 is 0. The number of carbonyl (C=O) groups is 1. The second-order valence-corrected chi connectivity index (χ2v) is 6.31. The van der Waals surface area contributed by atoms with Gasteiger partial charge in [0.25, 0.3) is 5.91 Å². The molecule has 1 amide bonds. The molecule has 0 heterocycles. The van der Waals surface area contributed by atoms with Gasteiger partial charge in [-0.15, -0.1) is 0 Å². The minimum absolute atomic E-state index is 0.0822. The summed E-state index contributed by atoms with van der Waals surface area (Å²) in [4.78, 5) is 12.5. The van der Waals surface area contributed by atoms with Crippen molar-refractivity contribution < 1.29 is 27.4 Å². The van der Waals surface area contributed by atoms with Gasteiger partial charge >= 0.3 is 6.18 Å². The van der Waals surface area contributed by atoms with Crippen LogP contribution in [0.5, 0.6) is 17.2 Å². The molecule has 0 spiro atoms. The Labute approximate surface area is 165 Å². The summed E-state index contributed by atoms with van der Waals surface area (Å²) in [6.45, 7) is 1.91. The predicted octanol–water partition coefficient (Wildman–Crippen LogP) is 6.07. The summed E-state index contributed by atoms with van der Waals surface area (Å²) in [6.07, 6.45) is -4.55. The molecule has 0 bridgehead atoms. The van der Waals surface area contributed by atoms with Gasteiger partial charge in [0.15, 0.2) is 5.75 Å². The standard InChI is InChI=1S/C22H18F3NO3/c1-14-3-8-18(9-4-14)29-20-12-7-16(22(23,24)25)13-19(20)26-21(27)15-5-10-17(28-2)11-6-15/h3-13H,1-2H3,(H,26,27). The van der Waals surface area contributed by atoms with Crippen LogP contribution < -0.4 is 14.8 Å². The van der Waals surface area contributed by atoms with Gasteiger partial charge in [-0.2, -0.15) is 13.2 Å². The third kappa shape index (κ3) is 5.07. The maximum atomic E-state index is 13.1. The van der Waals surface area contributed by atoms with Crippen LogP contribution in [0.1, 0.15) is 21.5 Å². The topological polar surface area (TPSA) is 47.6 Å². The normalized spacial score (nSPS) is 11.1. The van der Waals surface area contributed by atoms with E-state index in [-0.39, 0.29) is 17.0 Å². The highest BCUT2D eigenvalue weighted by molar-refractivity contribution is 6.05. The average molecular weight is 401 g/mol. The van der Waals surface area contributed by atoms with Crippen LogP contribution in [0.15, 0.2) is 66.7 Å². The number of alkyl halides is 3. The van der Waals surface area contributed by atoms with Crippen LogP contribution in [-0.4, -0.2) is 13.0 Å². The molecule has 3 aromatic carbocycles. The molecule has 0 saturated carbocycles. The predicted molar refractivity (Wildman–Crippen MR) is 104 cm³/mol. The highest BCUT2D eigenvalue weighted by Gasteiger charge is 2.31. The van der Waals surface area contributed by atoms with Gasteiger partial charge in [-0.3, -0.25) is 4.79 Å². The third-order valence-corrected chi connectivity index (χ3v) is 4.16. The van der Waals surface area contributed by atoms with E-state index < -0.39 is 17.6 Å². The minimum Gasteiger partial charge on any atom is -0.497 e. The van der Waals surface area contributed by atoms with Gasteiger partial charge in [-0.1, -0.05) is 17.7 Å². The van der Waals surface area contributed by atoms with Gasteiger partial charge in [0.05, 0.1) is 18.4 Å². The lowest BCUT2D eigenvalue weighted by atomic mass is 10.1. The number of halogens is 3. The van der Waals surface area contributed by atoms with Crippen molar-refractivity contribution in [1.29, 1.82) is 0 Å². The number of carbonyl (C=O) groups excluding carboxylic acids is 1. The molecule has 0 aliphatic rings. The SMILES string of the molecule is COc1ccc(C(=O)Nc2cc(C(F)(F)F)ccc2Oc2ccc(C)cc2)cc1.